The second-order valence-electron chi connectivity index (χ2n) is 12.8. The Labute approximate surface area is 284 Å². The Morgan fingerprint density at radius 3 is 1.55 bits per heavy atom. The quantitative estimate of drug-likeness (QED) is 0.178. The number of benzene rings is 9. The van der Waals surface area contributed by atoms with Crippen LogP contribution in [-0.2, 0) is 0 Å². The average Bonchev–Trinajstić information content (AvgIpc) is 3.57. The van der Waals surface area contributed by atoms with Crippen LogP contribution >= 0.6 is 0 Å². The second kappa shape index (κ2) is 11.1. The molecule has 0 N–H and O–H groups in total. The molecular formula is C48H30O. The lowest BCUT2D eigenvalue weighted by Crippen LogP contribution is -1.94. The minimum absolute atomic E-state index is 0.906. The van der Waals surface area contributed by atoms with Crippen molar-refractivity contribution in [3.63, 3.8) is 0 Å². The normalized spacial score (nSPS) is 11.7. The Bertz CT molecular complexity index is 2800. The molecule has 228 valence electrons. The van der Waals surface area contributed by atoms with E-state index in [-0.39, 0.29) is 0 Å². The average molecular weight is 623 g/mol. The topological polar surface area (TPSA) is 13.1 Å². The molecule has 0 radical (unpaired) electrons. The smallest absolute Gasteiger partial charge is 0.143 e. The van der Waals surface area contributed by atoms with Crippen molar-refractivity contribution in [1.82, 2.24) is 0 Å². The third-order valence-corrected chi connectivity index (χ3v) is 10.1. The van der Waals surface area contributed by atoms with Crippen LogP contribution in [0.3, 0.4) is 0 Å². The van der Waals surface area contributed by atoms with E-state index in [1.165, 1.54) is 71.4 Å². The van der Waals surface area contributed by atoms with Crippen molar-refractivity contribution in [3.05, 3.63) is 182 Å². The van der Waals surface area contributed by atoms with Gasteiger partial charge in [-0.15, -0.1) is 0 Å². The molecule has 49 heavy (non-hydrogen) atoms. The minimum Gasteiger partial charge on any atom is -0.455 e. The van der Waals surface area contributed by atoms with Crippen LogP contribution in [0.4, 0.5) is 0 Å². The second-order valence-corrected chi connectivity index (χ2v) is 12.8. The Hall–Kier alpha value is -6.44. The molecule has 0 unspecified atom stereocenters. The van der Waals surface area contributed by atoms with Crippen LogP contribution in [-0.4, -0.2) is 0 Å². The van der Waals surface area contributed by atoms with Crippen molar-refractivity contribution in [2.45, 2.75) is 0 Å². The first-order valence-corrected chi connectivity index (χ1v) is 16.9. The summed E-state index contributed by atoms with van der Waals surface area (Å²) in [5.41, 5.74) is 11.6. The van der Waals surface area contributed by atoms with Crippen molar-refractivity contribution in [1.29, 1.82) is 0 Å². The van der Waals surface area contributed by atoms with Gasteiger partial charge in [0.25, 0.3) is 0 Å². The minimum atomic E-state index is 0.906. The summed E-state index contributed by atoms with van der Waals surface area (Å²) in [5, 5.41) is 9.53. The van der Waals surface area contributed by atoms with Crippen LogP contribution in [0.5, 0.6) is 0 Å². The van der Waals surface area contributed by atoms with E-state index in [1.807, 2.05) is 0 Å². The molecule has 1 nitrogen and oxygen atoms in total. The standard InChI is InChI=1S/C48H30O/c1-3-14-31(15-4-1)34-27-28-35(32-16-5-2-6-17-32)43(30-34)46-39-22-11-9-20-37(39)45(38-21-10-12-23-40(38)46)41-24-13-25-44-47(41)42-29-26-33-18-7-8-19-36(33)48(42)49-44/h1-30H. The summed E-state index contributed by atoms with van der Waals surface area (Å²) >= 11 is 0. The van der Waals surface area contributed by atoms with E-state index in [2.05, 4.69) is 182 Å². The third-order valence-electron chi connectivity index (χ3n) is 10.1. The van der Waals surface area contributed by atoms with Crippen LogP contribution in [0.25, 0.3) is 98.8 Å². The molecular weight excluding hydrogens is 593 g/mol. The SMILES string of the molecule is c1ccc(-c2ccc(-c3ccccc3)c(-c3c4ccccc4c(-c4cccc5oc6c7ccccc7ccc6c45)c4ccccc34)c2)cc1. The maximum Gasteiger partial charge on any atom is 0.143 e. The molecule has 10 aromatic rings. The first-order chi connectivity index (χ1) is 24.3. The number of furan rings is 1. The van der Waals surface area contributed by atoms with E-state index < -0.39 is 0 Å². The molecule has 0 bridgehead atoms. The zero-order valence-electron chi connectivity index (χ0n) is 26.7. The first kappa shape index (κ1) is 27.7. The molecule has 1 heteroatoms. The van der Waals surface area contributed by atoms with E-state index in [1.54, 1.807) is 0 Å². The molecule has 0 fully saturated rings. The summed E-state index contributed by atoms with van der Waals surface area (Å²) < 4.78 is 6.66. The van der Waals surface area contributed by atoms with E-state index in [9.17, 15) is 0 Å². The van der Waals surface area contributed by atoms with Gasteiger partial charge in [-0.25, -0.2) is 0 Å². The first-order valence-electron chi connectivity index (χ1n) is 16.9. The summed E-state index contributed by atoms with van der Waals surface area (Å²) in [7, 11) is 0. The van der Waals surface area contributed by atoms with Gasteiger partial charge < -0.3 is 4.42 Å². The van der Waals surface area contributed by atoms with E-state index >= 15 is 0 Å². The van der Waals surface area contributed by atoms with Crippen LogP contribution in [0.1, 0.15) is 0 Å². The van der Waals surface area contributed by atoms with Gasteiger partial charge in [-0.1, -0.05) is 164 Å². The maximum atomic E-state index is 6.66. The van der Waals surface area contributed by atoms with Crippen LogP contribution in [0.15, 0.2) is 186 Å². The predicted octanol–water partition coefficient (Wildman–Crippen LogP) is 13.7. The molecule has 0 saturated carbocycles. The van der Waals surface area contributed by atoms with Gasteiger partial charge in [0.15, 0.2) is 0 Å². The highest BCUT2D eigenvalue weighted by molar-refractivity contribution is 6.27. The van der Waals surface area contributed by atoms with E-state index in [4.69, 9.17) is 4.42 Å². The van der Waals surface area contributed by atoms with Crippen LogP contribution < -0.4 is 0 Å². The molecule has 0 aliphatic carbocycles. The van der Waals surface area contributed by atoms with Gasteiger partial charge in [-0.3, -0.25) is 0 Å². The van der Waals surface area contributed by atoms with Crippen molar-refractivity contribution >= 4 is 54.3 Å². The van der Waals surface area contributed by atoms with Crippen LogP contribution in [0, 0.1) is 0 Å². The summed E-state index contributed by atoms with van der Waals surface area (Å²) in [6.07, 6.45) is 0. The summed E-state index contributed by atoms with van der Waals surface area (Å²) in [6, 6.07) is 65.7. The largest absolute Gasteiger partial charge is 0.455 e. The summed E-state index contributed by atoms with van der Waals surface area (Å²) in [6.45, 7) is 0. The molecule has 1 aromatic heterocycles. The highest BCUT2D eigenvalue weighted by atomic mass is 16.3. The lowest BCUT2D eigenvalue weighted by molar-refractivity contribution is 0.673. The number of hydrogen-bond donors (Lipinski definition) is 0. The van der Waals surface area contributed by atoms with E-state index in [0.29, 0.717) is 0 Å². The molecule has 0 aliphatic rings. The van der Waals surface area contributed by atoms with Gasteiger partial charge in [-0.2, -0.15) is 0 Å². The fourth-order valence-electron chi connectivity index (χ4n) is 7.90. The van der Waals surface area contributed by atoms with Crippen molar-refractivity contribution in [2.24, 2.45) is 0 Å². The summed E-state index contributed by atoms with van der Waals surface area (Å²) in [5.74, 6) is 0. The maximum absolute atomic E-state index is 6.66. The molecule has 10 rings (SSSR count). The lowest BCUT2D eigenvalue weighted by atomic mass is 9.82. The van der Waals surface area contributed by atoms with Crippen molar-refractivity contribution < 1.29 is 4.42 Å². The zero-order chi connectivity index (χ0) is 32.3. The Balaban J connectivity index is 1.33. The van der Waals surface area contributed by atoms with Crippen molar-refractivity contribution in [3.8, 4) is 44.5 Å². The Morgan fingerprint density at radius 1 is 0.306 bits per heavy atom. The van der Waals surface area contributed by atoms with Gasteiger partial charge >= 0.3 is 0 Å². The summed E-state index contributed by atoms with van der Waals surface area (Å²) in [4.78, 5) is 0. The van der Waals surface area contributed by atoms with Crippen molar-refractivity contribution in [2.75, 3.05) is 0 Å². The van der Waals surface area contributed by atoms with Gasteiger partial charge in [-0.05, 0) is 89.6 Å². The highest BCUT2D eigenvalue weighted by Crippen LogP contribution is 2.49. The predicted molar refractivity (Wildman–Crippen MR) is 208 cm³/mol. The lowest BCUT2D eigenvalue weighted by Gasteiger charge is -2.21. The number of fused-ring (bicyclic) bond motifs is 7. The van der Waals surface area contributed by atoms with Crippen LogP contribution in [0.2, 0.25) is 0 Å². The fraction of sp³-hybridized carbons (Fsp3) is 0. The number of hydrogen-bond acceptors (Lipinski definition) is 1. The van der Waals surface area contributed by atoms with Gasteiger partial charge in [0.2, 0.25) is 0 Å². The molecule has 9 aromatic carbocycles. The van der Waals surface area contributed by atoms with Gasteiger partial charge in [0, 0.05) is 16.2 Å². The molecule has 1 heterocycles. The van der Waals surface area contributed by atoms with E-state index in [0.717, 1.165) is 27.3 Å². The molecule has 0 atom stereocenters. The Kier molecular flexibility index (Phi) is 6.25. The molecule has 0 amide bonds. The zero-order valence-corrected chi connectivity index (χ0v) is 26.7. The van der Waals surface area contributed by atoms with Gasteiger partial charge in [0.1, 0.15) is 11.2 Å². The number of rotatable bonds is 4. The fourth-order valence-corrected chi connectivity index (χ4v) is 7.90. The van der Waals surface area contributed by atoms with Gasteiger partial charge in [0.05, 0.1) is 0 Å². The Morgan fingerprint density at radius 2 is 0.878 bits per heavy atom. The molecule has 0 aliphatic heterocycles. The highest BCUT2D eigenvalue weighted by Gasteiger charge is 2.22. The monoisotopic (exact) mass is 622 g/mol. The molecule has 0 saturated heterocycles. The molecule has 0 spiro atoms. The third kappa shape index (κ3) is 4.33.